The van der Waals surface area contributed by atoms with E-state index in [0.717, 1.165) is 24.8 Å². The van der Waals surface area contributed by atoms with Crippen molar-refractivity contribution in [2.24, 2.45) is 5.41 Å². The van der Waals surface area contributed by atoms with Crippen molar-refractivity contribution in [1.29, 1.82) is 0 Å². The zero-order valence-electron chi connectivity index (χ0n) is 7.93. The van der Waals surface area contributed by atoms with Crippen LogP contribution in [0, 0.1) is 5.41 Å². The fourth-order valence-electron chi connectivity index (χ4n) is 2.34. The molecule has 2 heteroatoms. The largest absolute Gasteiger partial charge is 0.299 e. The molecule has 0 amide bonds. The van der Waals surface area contributed by atoms with Crippen LogP contribution in [0.25, 0.3) is 0 Å². The maximum absolute atomic E-state index is 11.7. The van der Waals surface area contributed by atoms with Gasteiger partial charge >= 0.3 is 0 Å². The lowest BCUT2D eigenvalue weighted by molar-refractivity contribution is -0.128. The number of carbonyl (C=O) groups is 2. The second kappa shape index (κ2) is 3.68. The van der Waals surface area contributed by atoms with E-state index in [1.807, 2.05) is 6.92 Å². The molecule has 2 aliphatic rings. The van der Waals surface area contributed by atoms with Gasteiger partial charge in [0.05, 0.1) is 0 Å². The van der Waals surface area contributed by atoms with E-state index in [1.165, 1.54) is 0 Å². The van der Waals surface area contributed by atoms with Gasteiger partial charge in [-0.1, -0.05) is 13.0 Å². The Morgan fingerprint density at radius 1 is 1.21 bits per heavy atom. The molecule has 1 atom stereocenters. The van der Waals surface area contributed by atoms with Crippen LogP contribution in [0.15, 0.2) is 11.6 Å². The molecule has 2 aliphatic carbocycles. The summed E-state index contributed by atoms with van der Waals surface area (Å²) in [5, 5.41) is 0. The highest BCUT2D eigenvalue weighted by atomic mass is 16.1. The fraction of sp³-hybridized carbons (Fsp3) is 0.667. The quantitative estimate of drug-likeness (QED) is 0.594. The summed E-state index contributed by atoms with van der Waals surface area (Å²) in [6.45, 7) is 1.99. The maximum Gasteiger partial charge on any atom is 0.155 e. The van der Waals surface area contributed by atoms with Crippen molar-refractivity contribution in [2.75, 3.05) is 0 Å². The number of carbonyl (C=O) groups excluding carboxylic acids is 2. The molecule has 0 bridgehead atoms. The summed E-state index contributed by atoms with van der Waals surface area (Å²) in [5.74, 6) is 0.527. The monoisotopic (exact) mass is 194 g/mol. The van der Waals surface area contributed by atoms with Gasteiger partial charge in [0.1, 0.15) is 5.78 Å². The van der Waals surface area contributed by atoms with Gasteiger partial charge in [0.25, 0.3) is 0 Å². The van der Waals surface area contributed by atoms with Gasteiger partial charge in [0, 0.05) is 18.3 Å². The van der Waals surface area contributed by atoms with Gasteiger partial charge in [-0.15, -0.1) is 0 Å². The third-order valence-corrected chi connectivity index (χ3v) is 3.38. The predicted molar refractivity (Wildman–Crippen MR) is 56.0 cm³/mol. The van der Waals surface area contributed by atoms with Gasteiger partial charge in [-0.25, -0.2) is 0 Å². The molecule has 2 rings (SSSR count). The molecule has 2 nitrogen and oxygen atoms in total. The highest BCUT2D eigenvalue weighted by molar-refractivity contribution is 5.97. The summed E-state index contributed by atoms with van der Waals surface area (Å²) in [6.07, 6.45) is 5.55. The Hall–Kier alpha value is -0.920. The van der Waals surface area contributed by atoms with E-state index in [4.69, 9.17) is 0 Å². The molecule has 0 aromatic heterocycles. The minimum atomic E-state index is -0.286. The van der Waals surface area contributed by atoms with Crippen LogP contribution in [0.2, 0.25) is 0 Å². The first-order chi connectivity index (χ1) is 6.13. The summed E-state index contributed by atoms with van der Waals surface area (Å²) in [4.78, 5) is 22.9. The number of fused-ring (bicyclic) bond motifs is 1. The van der Waals surface area contributed by atoms with E-state index < -0.39 is 0 Å². The average molecular weight is 194 g/mol. The van der Waals surface area contributed by atoms with Crippen LogP contribution < -0.4 is 0 Å². The highest BCUT2D eigenvalue weighted by Crippen LogP contribution is 2.43. The van der Waals surface area contributed by atoms with Gasteiger partial charge in [-0.2, -0.15) is 0 Å². The molecule has 14 heavy (non-hydrogen) atoms. The minimum absolute atomic E-state index is 0. The topological polar surface area (TPSA) is 34.1 Å². The Morgan fingerprint density at radius 3 is 2.64 bits per heavy atom. The minimum Gasteiger partial charge on any atom is -0.299 e. The van der Waals surface area contributed by atoms with Crippen LogP contribution in [0.3, 0.4) is 0 Å². The third-order valence-electron chi connectivity index (χ3n) is 3.38. The summed E-state index contributed by atoms with van der Waals surface area (Å²) in [5.41, 5.74) is 0.798. The van der Waals surface area contributed by atoms with E-state index in [-0.39, 0.29) is 18.6 Å². The Morgan fingerprint density at radius 2 is 1.93 bits per heavy atom. The number of ketones is 2. The van der Waals surface area contributed by atoms with Crippen molar-refractivity contribution in [3.05, 3.63) is 11.6 Å². The molecule has 0 N–H and O–H groups in total. The molecule has 1 fully saturated rings. The van der Waals surface area contributed by atoms with Gasteiger partial charge in [-0.05, 0) is 32.3 Å². The van der Waals surface area contributed by atoms with Crippen molar-refractivity contribution >= 4 is 11.6 Å². The first-order valence-electron chi connectivity index (χ1n) is 4.90. The number of rotatable bonds is 0. The zero-order valence-corrected chi connectivity index (χ0v) is 7.93. The van der Waals surface area contributed by atoms with E-state index in [1.54, 1.807) is 6.08 Å². The van der Waals surface area contributed by atoms with Gasteiger partial charge in [-0.3, -0.25) is 9.59 Å². The molecule has 0 saturated heterocycles. The molecule has 1 saturated carbocycles. The Labute approximate surface area is 85.4 Å². The molecule has 0 spiro atoms. The lowest BCUT2D eigenvalue weighted by Crippen LogP contribution is -2.36. The van der Waals surface area contributed by atoms with Crippen LogP contribution in [0.4, 0.5) is 0 Å². The van der Waals surface area contributed by atoms with Crippen LogP contribution in [0.1, 0.15) is 46.5 Å². The second-order valence-electron chi connectivity index (χ2n) is 4.24. The van der Waals surface area contributed by atoms with Gasteiger partial charge in [0.15, 0.2) is 5.78 Å². The molecule has 0 aromatic rings. The number of allylic oxidation sites excluding steroid dienone is 2. The number of hydrogen-bond acceptors (Lipinski definition) is 2. The number of Topliss-reactive ketones (excluding diaryl/α,β-unsaturated/α-hetero) is 1. The van der Waals surface area contributed by atoms with Crippen molar-refractivity contribution in [1.82, 2.24) is 0 Å². The van der Waals surface area contributed by atoms with E-state index >= 15 is 0 Å². The predicted octanol–water partition coefficient (Wildman–Crippen LogP) is 2.67. The van der Waals surface area contributed by atoms with Gasteiger partial charge in [0.2, 0.25) is 0 Å². The Kier molecular flexibility index (Phi) is 2.93. The summed E-state index contributed by atoms with van der Waals surface area (Å²) in [6, 6.07) is 0. The summed E-state index contributed by atoms with van der Waals surface area (Å²) < 4.78 is 0. The second-order valence-corrected chi connectivity index (χ2v) is 4.24. The van der Waals surface area contributed by atoms with E-state index in [0.29, 0.717) is 18.6 Å². The van der Waals surface area contributed by atoms with Crippen molar-refractivity contribution in [3.8, 4) is 0 Å². The van der Waals surface area contributed by atoms with Crippen LogP contribution in [-0.4, -0.2) is 11.6 Å². The van der Waals surface area contributed by atoms with E-state index in [2.05, 4.69) is 0 Å². The first kappa shape index (κ1) is 11.2. The zero-order chi connectivity index (χ0) is 9.47. The molecule has 0 unspecified atom stereocenters. The Balaban J connectivity index is 0.000000980. The molecular weight excluding hydrogens is 176 g/mol. The smallest absolute Gasteiger partial charge is 0.155 e. The highest BCUT2D eigenvalue weighted by Gasteiger charge is 2.41. The SMILES string of the molecule is C.C[C@@]12CCC(=O)C=C1CCCC2=O. The van der Waals surface area contributed by atoms with Crippen LogP contribution >= 0.6 is 0 Å². The average Bonchev–Trinajstić information content (AvgIpc) is 2.09. The Bertz CT molecular complexity index is 301. The lowest BCUT2D eigenvalue weighted by Gasteiger charge is -2.37. The molecular formula is C12H18O2. The summed E-state index contributed by atoms with van der Waals surface area (Å²) in [7, 11) is 0. The molecule has 0 aromatic carbocycles. The first-order valence-corrected chi connectivity index (χ1v) is 4.90. The third kappa shape index (κ3) is 1.54. The van der Waals surface area contributed by atoms with Crippen molar-refractivity contribution < 1.29 is 9.59 Å². The van der Waals surface area contributed by atoms with Crippen molar-refractivity contribution in [2.45, 2.75) is 46.5 Å². The molecule has 0 aliphatic heterocycles. The molecule has 0 radical (unpaired) electrons. The maximum atomic E-state index is 11.7. The molecule has 78 valence electrons. The summed E-state index contributed by atoms with van der Waals surface area (Å²) >= 11 is 0. The van der Waals surface area contributed by atoms with Crippen LogP contribution in [-0.2, 0) is 9.59 Å². The van der Waals surface area contributed by atoms with Crippen LogP contribution in [0.5, 0.6) is 0 Å². The van der Waals surface area contributed by atoms with Crippen molar-refractivity contribution in [3.63, 3.8) is 0 Å². The molecule has 0 heterocycles. The van der Waals surface area contributed by atoms with Gasteiger partial charge < -0.3 is 0 Å². The standard InChI is InChI=1S/C11H14O2.CH4/c1-11-6-5-9(12)7-8(11)3-2-4-10(11)13;/h7H,2-6H2,1H3;1H4/t11-;/m1./s1. The fourth-order valence-corrected chi connectivity index (χ4v) is 2.34. The normalized spacial score (nSPS) is 31.6. The lowest BCUT2D eigenvalue weighted by atomic mass is 9.65. The van der Waals surface area contributed by atoms with E-state index in [9.17, 15) is 9.59 Å². The number of hydrogen-bond donors (Lipinski definition) is 0.